The van der Waals surface area contributed by atoms with Crippen LogP contribution in [-0.4, -0.2) is 64.2 Å². The number of nitrogens with one attached hydrogen (secondary N) is 1. The van der Waals surface area contributed by atoms with E-state index in [0.29, 0.717) is 11.2 Å². The summed E-state index contributed by atoms with van der Waals surface area (Å²) in [6, 6.07) is 9.27. The molecule has 0 spiro atoms. The topological polar surface area (TPSA) is 61.4 Å². The van der Waals surface area contributed by atoms with E-state index in [2.05, 4.69) is 49.6 Å². The molecule has 1 aliphatic carbocycles. The highest BCUT2D eigenvalue weighted by atomic mass is 32.1. The molecule has 6 nitrogen and oxygen atoms in total. The van der Waals surface area contributed by atoms with Crippen molar-refractivity contribution in [2.45, 2.75) is 38.3 Å². The van der Waals surface area contributed by atoms with E-state index in [1.165, 1.54) is 22.5 Å². The van der Waals surface area contributed by atoms with Gasteiger partial charge in [0, 0.05) is 25.7 Å². The number of carbonyl (C=O) groups is 1. The average molecular weight is 372 g/mol. The molecule has 138 valence electrons. The Labute approximate surface area is 158 Å². The molecule has 0 radical (unpaired) electrons. The zero-order chi connectivity index (χ0) is 17.9. The summed E-state index contributed by atoms with van der Waals surface area (Å²) in [6.07, 6.45) is 3.41. The van der Waals surface area contributed by atoms with Crippen LogP contribution in [0.25, 0.3) is 0 Å². The molecule has 1 aliphatic heterocycles. The van der Waals surface area contributed by atoms with Crippen molar-refractivity contribution in [1.82, 2.24) is 20.0 Å². The first-order valence-electron chi connectivity index (χ1n) is 9.32. The van der Waals surface area contributed by atoms with Gasteiger partial charge in [0.15, 0.2) is 0 Å². The Morgan fingerprint density at radius 3 is 2.65 bits per heavy atom. The summed E-state index contributed by atoms with van der Waals surface area (Å²) in [5, 5.41) is 11.1. The molecule has 2 aromatic rings. The van der Waals surface area contributed by atoms with Crippen LogP contribution in [0.3, 0.4) is 0 Å². The predicted molar refractivity (Wildman–Crippen MR) is 103 cm³/mol. The number of rotatable bonds is 4. The fourth-order valence-corrected chi connectivity index (χ4v) is 4.55. The highest BCUT2D eigenvalue weighted by molar-refractivity contribution is 7.13. The molecule has 1 atom stereocenters. The Kier molecular flexibility index (Phi) is 5.28. The van der Waals surface area contributed by atoms with Crippen LogP contribution in [0.15, 0.2) is 29.8 Å². The molecule has 1 N–H and O–H groups in total. The van der Waals surface area contributed by atoms with Crippen molar-refractivity contribution in [3.05, 3.63) is 40.9 Å². The van der Waals surface area contributed by atoms with Gasteiger partial charge in [-0.2, -0.15) is 0 Å². The molecule has 26 heavy (non-hydrogen) atoms. The van der Waals surface area contributed by atoms with E-state index in [0.717, 1.165) is 45.4 Å². The number of fused-ring (bicyclic) bond motifs is 1. The third-order valence-corrected chi connectivity index (χ3v) is 6.23. The second-order valence-corrected chi connectivity index (χ2v) is 8.00. The smallest absolute Gasteiger partial charge is 0.243 e. The summed E-state index contributed by atoms with van der Waals surface area (Å²) in [5.74, 6) is 0.00321. The Hall–Kier alpha value is -1.83. The minimum absolute atomic E-state index is 0.00321. The van der Waals surface area contributed by atoms with E-state index in [9.17, 15) is 4.79 Å². The van der Waals surface area contributed by atoms with Crippen LogP contribution in [0, 0.1) is 0 Å². The van der Waals surface area contributed by atoms with Crippen LogP contribution in [-0.2, 0) is 17.6 Å². The Bertz CT molecular complexity index is 725. The fraction of sp³-hybridized carbons (Fsp3) is 0.526. The van der Waals surface area contributed by atoms with Gasteiger partial charge in [-0.25, -0.2) is 0 Å². The molecular formula is C19H25N5OS. The van der Waals surface area contributed by atoms with Crippen molar-refractivity contribution < 1.29 is 4.79 Å². The third-order valence-electron chi connectivity index (χ3n) is 5.63. The van der Waals surface area contributed by atoms with Gasteiger partial charge in [0.05, 0.1) is 6.04 Å². The largest absolute Gasteiger partial charge is 0.299 e. The van der Waals surface area contributed by atoms with E-state index in [-0.39, 0.29) is 11.9 Å². The van der Waals surface area contributed by atoms with E-state index in [1.54, 1.807) is 5.51 Å². The zero-order valence-electron chi connectivity index (χ0n) is 15.1. The van der Waals surface area contributed by atoms with Crippen molar-refractivity contribution >= 4 is 22.4 Å². The Morgan fingerprint density at radius 1 is 1.19 bits per heavy atom. The number of amides is 1. The lowest BCUT2D eigenvalue weighted by molar-refractivity contribution is -0.120. The minimum Gasteiger partial charge on any atom is -0.299 e. The summed E-state index contributed by atoms with van der Waals surface area (Å²) < 4.78 is 0. The maximum atomic E-state index is 12.5. The highest BCUT2D eigenvalue weighted by Crippen LogP contribution is 2.26. The van der Waals surface area contributed by atoms with Gasteiger partial charge in [0.25, 0.3) is 0 Å². The molecule has 2 aliphatic rings. The SMILES string of the molecule is C[C@H](C(=O)Nc1nncs1)N1CCCN(C2Cc3ccccc3C2)CC1. The molecule has 0 saturated carbocycles. The monoisotopic (exact) mass is 371 g/mol. The predicted octanol–water partition coefficient (Wildman–Crippen LogP) is 2.04. The molecule has 0 unspecified atom stereocenters. The van der Waals surface area contributed by atoms with Crippen molar-refractivity contribution in [3.8, 4) is 0 Å². The number of aromatic nitrogens is 2. The lowest BCUT2D eigenvalue weighted by Crippen LogP contribution is -2.44. The molecule has 4 rings (SSSR count). The fourth-order valence-electron chi connectivity index (χ4n) is 4.11. The number of anilines is 1. The summed E-state index contributed by atoms with van der Waals surface area (Å²) in [5.41, 5.74) is 4.63. The normalized spacial score (nSPS) is 20.5. The van der Waals surface area contributed by atoms with Gasteiger partial charge in [0.1, 0.15) is 5.51 Å². The van der Waals surface area contributed by atoms with Gasteiger partial charge < -0.3 is 0 Å². The van der Waals surface area contributed by atoms with Crippen LogP contribution >= 0.6 is 11.3 Å². The quantitative estimate of drug-likeness (QED) is 0.891. The molecule has 1 aromatic heterocycles. The van der Waals surface area contributed by atoms with Crippen LogP contribution in [0.2, 0.25) is 0 Å². The molecule has 2 heterocycles. The standard InChI is InChI=1S/C19H25N5OS/c1-14(18(25)21-19-22-20-13-26-19)23-7-4-8-24(10-9-23)17-11-15-5-2-3-6-16(15)12-17/h2-3,5-6,13-14,17H,4,7-12H2,1H3,(H,21,22,25)/t14-/m1/s1. The maximum absolute atomic E-state index is 12.5. The first kappa shape index (κ1) is 17.6. The molecule has 7 heteroatoms. The van der Waals surface area contributed by atoms with E-state index in [4.69, 9.17) is 0 Å². The average Bonchev–Trinajstić information content (AvgIpc) is 3.25. The molecule has 1 saturated heterocycles. The summed E-state index contributed by atoms with van der Waals surface area (Å²) in [7, 11) is 0. The van der Waals surface area contributed by atoms with Gasteiger partial charge in [-0.3, -0.25) is 19.9 Å². The highest BCUT2D eigenvalue weighted by Gasteiger charge is 2.30. The van der Waals surface area contributed by atoms with Crippen molar-refractivity contribution in [2.75, 3.05) is 31.5 Å². The van der Waals surface area contributed by atoms with Crippen LogP contribution in [0.4, 0.5) is 5.13 Å². The van der Waals surface area contributed by atoms with Gasteiger partial charge in [-0.15, -0.1) is 10.2 Å². The van der Waals surface area contributed by atoms with E-state index in [1.807, 2.05) is 6.92 Å². The van der Waals surface area contributed by atoms with Gasteiger partial charge in [0.2, 0.25) is 11.0 Å². The van der Waals surface area contributed by atoms with Crippen LogP contribution < -0.4 is 5.32 Å². The Balaban J connectivity index is 1.33. The van der Waals surface area contributed by atoms with E-state index < -0.39 is 0 Å². The molecular weight excluding hydrogens is 346 g/mol. The number of benzene rings is 1. The minimum atomic E-state index is -0.153. The van der Waals surface area contributed by atoms with Gasteiger partial charge in [-0.05, 0) is 43.9 Å². The molecule has 1 fully saturated rings. The molecule has 0 bridgehead atoms. The lowest BCUT2D eigenvalue weighted by atomic mass is 10.1. The third kappa shape index (κ3) is 3.79. The van der Waals surface area contributed by atoms with E-state index >= 15 is 0 Å². The first-order valence-corrected chi connectivity index (χ1v) is 10.2. The summed E-state index contributed by atoms with van der Waals surface area (Å²) in [4.78, 5) is 17.4. The van der Waals surface area contributed by atoms with Crippen LogP contribution in [0.5, 0.6) is 0 Å². The Morgan fingerprint density at radius 2 is 1.96 bits per heavy atom. The first-order chi connectivity index (χ1) is 12.7. The number of hydrogen-bond acceptors (Lipinski definition) is 6. The van der Waals surface area contributed by atoms with Gasteiger partial charge in [-0.1, -0.05) is 35.6 Å². The lowest BCUT2D eigenvalue weighted by Gasteiger charge is -2.29. The second kappa shape index (κ2) is 7.82. The summed E-state index contributed by atoms with van der Waals surface area (Å²) >= 11 is 1.35. The summed E-state index contributed by atoms with van der Waals surface area (Å²) in [6.45, 7) is 6.00. The zero-order valence-corrected chi connectivity index (χ0v) is 15.9. The van der Waals surface area contributed by atoms with Crippen molar-refractivity contribution in [3.63, 3.8) is 0 Å². The van der Waals surface area contributed by atoms with Crippen molar-refractivity contribution in [2.24, 2.45) is 0 Å². The number of nitrogens with zero attached hydrogens (tertiary/aromatic N) is 4. The maximum Gasteiger partial charge on any atom is 0.243 e. The van der Waals surface area contributed by atoms with Crippen LogP contribution in [0.1, 0.15) is 24.5 Å². The number of carbonyl (C=O) groups excluding carboxylic acids is 1. The molecule has 1 aromatic carbocycles. The number of hydrogen-bond donors (Lipinski definition) is 1. The van der Waals surface area contributed by atoms with Gasteiger partial charge >= 0.3 is 0 Å². The second-order valence-electron chi connectivity index (χ2n) is 7.17. The van der Waals surface area contributed by atoms with Crippen molar-refractivity contribution in [1.29, 1.82) is 0 Å². The molecule has 1 amide bonds.